The van der Waals surface area contributed by atoms with Crippen molar-refractivity contribution in [1.29, 1.82) is 0 Å². The number of benzene rings is 2. The van der Waals surface area contributed by atoms with Crippen LogP contribution in [0.1, 0.15) is 74.1 Å². The Bertz CT molecular complexity index is 1010. The van der Waals surface area contributed by atoms with Gasteiger partial charge in [0, 0.05) is 29.1 Å². The number of carbonyl (C=O) groups is 1. The maximum Gasteiger partial charge on any atom is 0.141 e. The number of anilines is 2. The summed E-state index contributed by atoms with van der Waals surface area (Å²) >= 11 is 0. The topological polar surface area (TPSA) is 29.1 Å². The van der Waals surface area contributed by atoms with Crippen LogP contribution in [0.5, 0.6) is 0 Å². The summed E-state index contributed by atoms with van der Waals surface area (Å²) in [6.07, 6.45) is 10.1. The molecule has 2 aromatic rings. The van der Waals surface area contributed by atoms with E-state index in [0.29, 0.717) is 18.1 Å². The molecule has 0 amide bonds. The molecule has 1 N–H and O–H groups in total. The number of fused-ring (bicyclic) bond motifs is 2. The summed E-state index contributed by atoms with van der Waals surface area (Å²) in [7, 11) is 0. The van der Waals surface area contributed by atoms with Crippen molar-refractivity contribution < 1.29 is 4.79 Å². The first kappa shape index (κ1) is 20.5. The van der Waals surface area contributed by atoms with Crippen LogP contribution < -0.4 is 5.32 Å². The van der Waals surface area contributed by atoms with E-state index in [2.05, 4.69) is 62.1 Å². The highest BCUT2D eigenvalue weighted by atomic mass is 16.1. The van der Waals surface area contributed by atoms with E-state index >= 15 is 0 Å². The molecule has 2 heteroatoms. The lowest BCUT2D eigenvalue weighted by Gasteiger charge is -2.50. The molecule has 0 aromatic heterocycles. The second-order valence-corrected chi connectivity index (χ2v) is 10.3. The maximum absolute atomic E-state index is 13.3. The van der Waals surface area contributed by atoms with E-state index in [1.165, 1.54) is 65.6 Å². The lowest BCUT2D eigenvalue weighted by Crippen LogP contribution is -2.48. The summed E-state index contributed by atoms with van der Waals surface area (Å²) < 4.78 is 0. The van der Waals surface area contributed by atoms with Gasteiger partial charge in [-0.05, 0) is 85.4 Å². The van der Waals surface area contributed by atoms with E-state index in [9.17, 15) is 4.79 Å². The van der Waals surface area contributed by atoms with Crippen LogP contribution in [0.4, 0.5) is 11.4 Å². The summed E-state index contributed by atoms with van der Waals surface area (Å²) in [6.45, 7) is 8.84. The van der Waals surface area contributed by atoms with Gasteiger partial charge >= 0.3 is 0 Å². The second-order valence-electron chi connectivity index (χ2n) is 10.3. The zero-order chi connectivity index (χ0) is 21.6. The molecule has 2 atom stereocenters. The van der Waals surface area contributed by atoms with Gasteiger partial charge in [-0.15, -0.1) is 0 Å². The molecule has 2 nitrogen and oxygen atoms in total. The van der Waals surface area contributed by atoms with Crippen LogP contribution in [-0.4, -0.2) is 5.78 Å². The van der Waals surface area contributed by atoms with Gasteiger partial charge in [-0.1, -0.05) is 56.5 Å². The smallest absolute Gasteiger partial charge is 0.141 e. The maximum atomic E-state index is 13.3. The fourth-order valence-corrected chi connectivity index (χ4v) is 6.70. The minimum absolute atomic E-state index is 0.00561. The van der Waals surface area contributed by atoms with Crippen LogP contribution in [0.3, 0.4) is 0 Å². The van der Waals surface area contributed by atoms with Crippen LogP contribution in [0, 0.1) is 18.8 Å². The second kappa shape index (κ2) is 7.97. The van der Waals surface area contributed by atoms with Crippen molar-refractivity contribution in [2.24, 2.45) is 11.8 Å². The molecule has 162 valence electrons. The van der Waals surface area contributed by atoms with E-state index in [1.54, 1.807) is 0 Å². The SMILES string of the molecule is C=C1C[C@]2(CC(=O)C1C1CCCCC1)Cc1c(Nc3ccc(CC)c(C)c3)cccc12. The Labute approximate surface area is 187 Å². The lowest BCUT2D eigenvalue weighted by molar-refractivity contribution is -0.126. The number of Topliss-reactive ketones (excluding diaryl/α,β-unsaturated/α-hetero) is 1. The van der Waals surface area contributed by atoms with Crippen molar-refractivity contribution >= 4 is 17.2 Å². The first-order valence-corrected chi connectivity index (χ1v) is 12.2. The number of nitrogens with one attached hydrogen (secondary N) is 1. The van der Waals surface area contributed by atoms with Crippen molar-refractivity contribution in [1.82, 2.24) is 0 Å². The van der Waals surface area contributed by atoms with Crippen molar-refractivity contribution in [2.45, 2.75) is 77.0 Å². The lowest BCUT2D eigenvalue weighted by atomic mass is 9.53. The molecule has 3 aliphatic rings. The van der Waals surface area contributed by atoms with Crippen LogP contribution in [0.15, 0.2) is 48.6 Å². The highest BCUT2D eigenvalue weighted by molar-refractivity contribution is 5.88. The van der Waals surface area contributed by atoms with E-state index < -0.39 is 0 Å². The van der Waals surface area contributed by atoms with Crippen LogP contribution in [-0.2, 0) is 23.1 Å². The molecule has 3 aliphatic carbocycles. The molecule has 0 bridgehead atoms. The van der Waals surface area contributed by atoms with Gasteiger partial charge in [0.05, 0.1) is 0 Å². The molecule has 2 saturated carbocycles. The Morgan fingerprint density at radius 3 is 2.58 bits per heavy atom. The third-order valence-electron chi connectivity index (χ3n) is 8.25. The highest BCUT2D eigenvalue weighted by Gasteiger charge is 2.51. The minimum atomic E-state index is -0.00561. The van der Waals surface area contributed by atoms with E-state index in [-0.39, 0.29) is 11.3 Å². The molecule has 0 saturated heterocycles. The molecule has 0 aliphatic heterocycles. The Hall–Kier alpha value is -2.35. The molecular formula is C29H35NO. The van der Waals surface area contributed by atoms with Gasteiger partial charge in [-0.25, -0.2) is 0 Å². The van der Waals surface area contributed by atoms with Gasteiger partial charge in [-0.3, -0.25) is 4.79 Å². The quantitative estimate of drug-likeness (QED) is 0.537. The fourth-order valence-electron chi connectivity index (χ4n) is 6.70. The first-order chi connectivity index (χ1) is 15.0. The average molecular weight is 414 g/mol. The Morgan fingerprint density at radius 2 is 1.87 bits per heavy atom. The normalized spacial score (nSPS) is 25.9. The summed E-state index contributed by atoms with van der Waals surface area (Å²) in [5.41, 5.74) is 9.03. The van der Waals surface area contributed by atoms with Gasteiger partial charge in [-0.2, -0.15) is 0 Å². The number of rotatable bonds is 4. The summed E-state index contributed by atoms with van der Waals surface area (Å²) in [6, 6.07) is 13.2. The number of allylic oxidation sites excluding steroid dienone is 1. The van der Waals surface area contributed by atoms with Gasteiger partial charge < -0.3 is 5.32 Å². The van der Waals surface area contributed by atoms with Gasteiger partial charge in [0.25, 0.3) is 0 Å². The predicted molar refractivity (Wildman–Crippen MR) is 129 cm³/mol. The summed E-state index contributed by atoms with van der Waals surface area (Å²) in [5.74, 6) is 1.13. The third kappa shape index (κ3) is 3.54. The van der Waals surface area contributed by atoms with Crippen LogP contribution >= 0.6 is 0 Å². The standard InChI is InChI=1S/C29H35NO/c1-4-21-13-14-23(15-19(21)2)30-26-12-8-11-25-24(26)17-29(25)16-20(3)28(27(31)18-29)22-9-6-5-7-10-22/h8,11-15,22,28,30H,3-7,9-10,16-18H2,1-2H3/t28?,29-/m1/s1. The molecule has 5 rings (SSSR count). The van der Waals surface area contributed by atoms with E-state index in [1.807, 2.05) is 0 Å². The average Bonchev–Trinajstić information content (AvgIpc) is 2.75. The molecule has 0 heterocycles. The highest BCUT2D eigenvalue weighted by Crippen LogP contribution is 2.55. The zero-order valence-electron chi connectivity index (χ0n) is 19.1. The number of hydrogen-bond donors (Lipinski definition) is 1. The fraction of sp³-hybridized carbons (Fsp3) is 0.483. The van der Waals surface area contributed by atoms with Crippen LogP contribution in [0.2, 0.25) is 0 Å². The summed E-state index contributed by atoms with van der Waals surface area (Å²) in [4.78, 5) is 13.3. The van der Waals surface area contributed by atoms with Gasteiger partial charge in [0.2, 0.25) is 0 Å². The van der Waals surface area contributed by atoms with Crippen molar-refractivity contribution in [3.8, 4) is 0 Å². The molecule has 1 unspecified atom stereocenters. The Morgan fingerprint density at radius 1 is 1.06 bits per heavy atom. The molecular weight excluding hydrogens is 378 g/mol. The monoisotopic (exact) mass is 413 g/mol. The largest absolute Gasteiger partial charge is 0.355 e. The van der Waals surface area contributed by atoms with Crippen LogP contribution in [0.25, 0.3) is 0 Å². The number of ketones is 1. The molecule has 2 aromatic carbocycles. The molecule has 31 heavy (non-hydrogen) atoms. The zero-order valence-corrected chi connectivity index (χ0v) is 19.1. The number of carbonyl (C=O) groups excluding carboxylic acids is 1. The molecule has 2 fully saturated rings. The third-order valence-corrected chi connectivity index (χ3v) is 8.25. The molecule has 1 spiro atoms. The minimum Gasteiger partial charge on any atom is -0.355 e. The predicted octanol–water partition coefficient (Wildman–Crippen LogP) is 7.21. The Kier molecular flexibility index (Phi) is 5.28. The van der Waals surface area contributed by atoms with E-state index in [4.69, 9.17) is 0 Å². The van der Waals surface area contributed by atoms with Crippen molar-refractivity contribution in [2.75, 3.05) is 5.32 Å². The first-order valence-electron chi connectivity index (χ1n) is 12.2. The molecule has 0 radical (unpaired) electrons. The number of hydrogen-bond acceptors (Lipinski definition) is 2. The summed E-state index contributed by atoms with van der Waals surface area (Å²) in [5, 5.41) is 3.65. The number of aryl methyl sites for hydroxylation is 2. The van der Waals surface area contributed by atoms with Gasteiger partial charge in [0.15, 0.2) is 0 Å². The van der Waals surface area contributed by atoms with Gasteiger partial charge in [0.1, 0.15) is 5.78 Å². The van der Waals surface area contributed by atoms with Crippen molar-refractivity contribution in [3.05, 3.63) is 70.8 Å². The Balaban J connectivity index is 1.36. The van der Waals surface area contributed by atoms with Crippen molar-refractivity contribution in [3.63, 3.8) is 0 Å². The van der Waals surface area contributed by atoms with E-state index in [0.717, 1.165) is 24.9 Å².